The van der Waals surface area contributed by atoms with Gasteiger partial charge in [-0.2, -0.15) is 0 Å². The molecule has 0 radical (unpaired) electrons. The van der Waals surface area contributed by atoms with Crippen molar-refractivity contribution in [2.24, 2.45) is 5.92 Å². The van der Waals surface area contributed by atoms with Crippen LogP contribution in [0.5, 0.6) is 0 Å². The van der Waals surface area contributed by atoms with E-state index in [-0.39, 0.29) is 0 Å². The maximum atomic E-state index is 2.39. The minimum atomic E-state index is 0.510. The molecule has 0 amide bonds. The molecular weight excluding hydrogens is 144 g/mol. The predicted molar refractivity (Wildman–Crippen MR) is 52.2 cm³/mol. The zero-order chi connectivity index (χ0) is 8.60. The van der Waals surface area contributed by atoms with E-state index in [2.05, 4.69) is 44.2 Å². The Morgan fingerprint density at radius 3 is 2.50 bits per heavy atom. The molecule has 1 aromatic carbocycles. The Hall–Kier alpha value is -0.780. The van der Waals surface area contributed by atoms with Crippen molar-refractivity contribution in [3.8, 4) is 0 Å². The van der Waals surface area contributed by atoms with Gasteiger partial charge in [-0.25, -0.2) is 0 Å². The first-order valence-corrected chi connectivity index (χ1v) is 4.83. The quantitative estimate of drug-likeness (QED) is 0.622. The molecule has 64 valence electrons. The van der Waals surface area contributed by atoms with Crippen LogP contribution < -0.4 is 0 Å². The van der Waals surface area contributed by atoms with E-state index in [1.165, 1.54) is 18.4 Å². The van der Waals surface area contributed by atoms with Crippen LogP contribution in [0.25, 0.3) is 0 Å². The number of benzene rings is 1. The van der Waals surface area contributed by atoms with Crippen LogP contribution in [0.1, 0.15) is 32.3 Å². The Kier molecular flexibility index (Phi) is 1.71. The van der Waals surface area contributed by atoms with Crippen LogP contribution in [0.2, 0.25) is 0 Å². The SMILES string of the molecule is CC[C@H]1C[C@]1(C)c1ccccc1. The Morgan fingerprint density at radius 1 is 1.33 bits per heavy atom. The van der Waals surface area contributed by atoms with E-state index in [1.807, 2.05) is 0 Å². The largest absolute Gasteiger partial charge is 0.0651 e. The van der Waals surface area contributed by atoms with Crippen molar-refractivity contribution in [3.63, 3.8) is 0 Å². The normalized spacial score (nSPS) is 33.3. The predicted octanol–water partition coefficient (Wildman–Crippen LogP) is 3.37. The van der Waals surface area contributed by atoms with Crippen LogP contribution in [0.4, 0.5) is 0 Å². The van der Waals surface area contributed by atoms with Crippen molar-refractivity contribution in [1.82, 2.24) is 0 Å². The van der Waals surface area contributed by atoms with Crippen molar-refractivity contribution in [2.45, 2.75) is 32.1 Å². The highest BCUT2D eigenvalue weighted by atomic mass is 14.5. The first-order valence-electron chi connectivity index (χ1n) is 4.83. The molecular formula is C12H16. The first-order chi connectivity index (χ1) is 5.77. The highest BCUT2D eigenvalue weighted by Crippen LogP contribution is 2.55. The van der Waals surface area contributed by atoms with Gasteiger partial charge in [-0.05, 0) is 23.3 Å². The summed E-state index contributed by atoms with van der Waals surface area (Å²) in [6.07, 6.45) is 2.71. The summed E-state index contributed by atoms with van der Waals surface area (Å²) in [5.41, 5.74) is 2.03. The minimum Gasteiger partial charge on any atom is -0.0651 e. The lowest BCUT2D eigenvalue weighted by atomic mass is 9.95. The van der Waals surface area contributed by atoms with Gasteiger partial charge < -0.3 is 0 Å². The molecule has 12 heavy (non-hydrogen) atoms. The molecule has 0 bridgehead atoms. The Morgan fingerprint density at radius 2 is 2.00 bits per heavy atom. The third-order valence-corrected chi connectivity index (χ3v) is 3.34. The molecule has 2 atom stereocenters. The summed E-state index contributed by atoms with van der Waals surface area (Å²) in [5.74, 6) is 0.930. The lowest BCUT2D eigenvalue weighted by Gasteiger charge is -2.10. The van der Waals surface area contributed by atoms with Gasteiger partial charge in [-0.1, -0.05) is 50.6 Å². The zero-order valence-corrected chi connectivity index (χ0v) is 7.88. The van der Waals surface area contributed by atoms with E-state index in [1.54, 1.807) is 0 Å². The van der Waals surface area contributed by atoms with Crippen LogP contribution in [-0.2, 0) is 5.41 Å². The molecule has 1 fully saturated rings. The molecule has 0 saturated heterocycles. The maximum Gasteiger partial charge on any atom is -0.00439 e. The number of hydrogen-bond acceptors (Lipinski definition) is 0. The van der Waals surface area contributed by atoms with Crippen molar-refractivity contribution in [2.75, 3.05) is 0 Å². The summed E-state index contributed by atoms with van der Waals surface area (Å²) < 4.78 is 0. The van der Waals surface area contributed by atoms with E-state index in [9.17, 15) is 0 Å². The summed E-state index contributed by atoms with van der Waals surface area (Å²) in [6.45, 7) is 4.68. The summed E-state index contributed by atoms with van der Waals surface area (Å²) in [5, 5.41) is 0. The molecule has 1 aliphatic rings. The molecule has 0 aliphatic heterocycles. The van der Waals surface area contributed by atoms with Gasteiger partial charge in [0.2, 0.25) is 0 Å². The van der Waals surface area contributed by atoms with E-state index in [4.69, 9.17) is 0 Å². The average molecular weight is 160 g/mol. The lowest BCUT2D eigenvalue weighted by Crippen LogP contribution is -2.03. The highest BCUT2D eigenvalue weighted by molar-refractivity contribution is 5.31. The maximum absolute atomic E-state index is 2.39. The fourth-order valence-electron chi connectivity index (χ4n) is 2.22. The van der Waals surface area contributed by atoms with Crippen LogP contribution >= 0.6 is 0 Å². The van der Waals surface area contributed by atoms with Gasteiger partial charge in [0.25, 0.3) is 0 Å². The molecule has 1 saturated carbocycles. The van der Waals surface area contributed by atoms with Gasteiger partial charge >= 0.3 is 0 Å². The second-order valence-corrected chi connectivity index (χ2v) is 4.09. The smallest absolute Gasteiger partial charge is 0.00439 e. The van der Waals surface area contributed by atoms with E-state index < -0.39 is 0 Å². The van der Waals surface area contributed by atoms with Crippen LogP contribution in [0.3, 0.4) is 0 Å². The van der Waals surface area contributed by atoms with Crippen molar-refractivity contribution < 1.29 is 0 Å². The molecule has 0 N–H and O–H groups in total. The van der Waals surface area contributed by atoms with Crippen LogP contribution in [0.15, 0.2) is 30.3 Å². The third kappa shape index (κ3) is 1.06. The fourth-order valence-corrected chi connectivity index (χ4v) is 2.22. The molecule has 0 aromatic heterocycles. The topological polar surface area (TPSA) is 0 Å². The molecule has 0 nitrogen and oxygen atoms in total. The van der Waals surface area contributed by atoms with Gasteiger partial charge in [0.1, 0.15) is 0 Å². The molecule has 0 spiro atoms. The Balaban J connectivity index is 2.23. The summed E-state index contributed by atoms with van der Waals surface area (Å²) >= 11 is 0. The second kappa shape index (κ2) is 2.62. The first kappa shape index (κ1) is 7.85. The average Bonchev–Trinajstić information content (AvgIpc) is 2.81. The van der Waals surface area contributed by atoms with E-state index in [0.717, 1.165) is 5.92 Å². The van der Waals surface area contributed by atoms with Gasteiger partial charge in [-0.15, -0.1) is 0 Å². The molecule has 1 aromatic rings. The second-order valence-electron chi connectivity index (χ2n) is 4.09. The number of hydrogen-bond donors (Lipinski definition) is 0. The molecule has 1 aliphatic carbocycles. The van der Waals surface area contributed by atoms with Crippen molar-refractivity contribution in [3.05, 3.63) is 35.9 Å². The van der Waals surface area contributed by atoms with Crippen LogP contribution in [0, 0.1) is 5.92 Å². The zero-order valence-electron chi connectivity index (χ0n) is 7.88. The highest BCUT2D eigenvalue weighted by Gasteiger charge is 2.49. The fraction of sp³-hybridized carbons (Fsp3) is 0.500. The van der Waals surface area contributed by atoms with E-state index >= 15 is 0 Å². The molecule has 2 rings (SSSR count). The van der Waals surface area contributed by atoms with Gasteiger partial charge in [0.15, 0.2) is 0 Å². The Labute approximate surface area is 74.6 Å². The van der Waals surface area contributed by atoms with Crippen molar-refractivity contribution >= 4 is 0 Å². The van der Waals surface area contributed by atoms with Gasteiger partial charge in [0.05, 0.1) is 0 Å². The van der Waals surface area contributed by atoms with Gasteiger partial charge in [0, 0.05) is 0 Å². The third-order valence-electron chi connectivity index (χ3n) is 3.34. The molecule has 0 heteroatoms. The molecule has 0 heterocycles. The van der Waals surface area contributed by atoms with Gasteiger partial charge in [-0.3, -0.25) is 0 Å². The van der Waals surface area contributed by atoms with Crippen LogP contribution in [-0.4, -0.2) is 0 Å². The number of rotatable bonds is 2. The summed E-state index contributed by atoms with van der Waals surface area (Å²) in [6, 6.07) is 10.9. The summed E-state index contributed by atoms with van der Waals surface area (Å²) in [7, 11) is 0. The minimum absolute atomic E-state index is 0.510. The van der Waals surface area contributed by atoms with E-state index in [0.29, 0.717) is 5.41 Å². The summed E-state index contributed by atoms with van der Waals surface area (Å²) in [4.78, 5) is 0. The Bertz CT molecular complexity index is 263. The monoisotopic (exact) mass is 160 g/mol. The molecule has 0 unspecified atom stereocenters. The standard InChI is InChI=1S/C12H16/c1-3-10-9-12(10,2)11-7-5-4-6-8-11/h4-8,10H,3,9H2,1-2H3/t10-,12-/m0/s1. The lowest BCUT2D eigenvalue weighted by molar-refractivity contribution is 0.642. The van der Waals surface area contributed by atoms with Crippen molar-refractivity contribution in [1.29, 1.82) is 0 Å².